The molecule has 0 bridgehead atoms. The molecule has 6 fully saturated rings. The maximum absolute atomic E-state index is 15.1. The third-order valence-corrected chi connectivity index (χ3v) is 30.2. The van der Waals surface area contributed by atoms with Crippen LogP contribution in [0.3, 0.4) is 0 Å². The van der Waals surface area contributed by atoms with Gasteiger partial charge >= 0.3 is 11.9 Å². The Hall–Kier alpha value is -8.56. The van der Waals surface area contributed by atoms with Gasteiger partial charge in [0.2, 0.25) is 55.4 Å². The van der Waals surface area contributed by atoms with Gasteiger partial charge in [0.1, 0.15) is 35.1 Å². The van der Waals surface area contributed by atoms with E-state index in [2.05, 4.69) is 19.4 Å². The fourth-order valence-corrected chi connectivity index (χ4v) is 19.9. The highest BCUT2D eigenvalue weighted by Crippen LogP contribution is 2.60. The number of carbonyl (C=O) groups excluding carboxylic acids is 8. The molecule has 0 spiro atoms. The van der Waals surface area contributed by atoms with Gasteiger partial charge in [-0.05, 0) is 201 Å². The fourth-order valence-electron chi connectivity index (χ4n) is 17.0. The van der Waals surface area contributed by atoms with Crippen molar-refractivity contribution >= 4 is 88.7 Å². The van der Waals surface area contributed by atoms with E-state index < -0.39 is 221 Å². The zero-order valence-corrected chi connectivity index (χ0v) is 71.4. The largest absolute Gasteiger partial charge is 0.491 e. The van der Waals surface area contributed by atoms with Crippen LogP contribution in [0, 0.1) is 69.8 Å². The molecular weight excluding hydrogens is 1620 g/mol. The predicted octanol–water partition coefficient (Wildman–Crippen LogP) is 14.1. The third-order valence-electron chi connectivity index (χ3n) is 26.0. The molecule has 34 heteroatoms. The van der Waals surface area contributed by atoms with Crippen molar-refractivity contribution < 1.29 is 119 Å². The van der Waals surface area contributed by atoms with Crippen molar-refractivity contribution in [3.63, 3.8) is 0 Å². The standard InChI is InChI=1S/2C43H55F4N3O9S/c2*1-7-57-35-17-27-12-15-48-37(31(27)19-32(35)45)58-29-18-33-34(51)22-43(39(54)49-60(55,56)42(24-44)13-14-42)21-28(43)11-9-8-10-25(2)16-26(3)30(38(53)50(33)23-29)20-36(52)59-40(4,5)41(6,46)47/h2*9,11-12,15,17,19,25-26,28-30,33H,7-8,10,13-14,16,18,20-24H2,1-6H3,(H,49,54)/b2*11-9-/t25-,26+,28+,29+,30-,33-,43+;25-,26-,28-,29-,30+,33+,43-/m01/s1. The van der Waals surface area contributed by atoms with Gasteiger partial charge in [-0.25, -0.2) is 61.9 Å². The van der Waals surface area contributed by atoms with Crippen molar-refractivity contribution in [2.75, 3.05) is 39.7 Å². The predicted molar refractivity (Wildman–Crippen MR) is 426 cm³/mol. The molecule has 24 nitrogen and oxygen atoms in total. The number of halogens is 8. The van der Waals surface area contributed by atoms with Crippen LogP contribution in [0.2, 0.25) is 0 Å². The van der Waals surface area contributed by atoms with Crippen molar-refractivity contribution in [2.24, 2.45) is 58.2 Å². The number of sulfonamides is 2. The number of ether oxygens (including phenoxy) is 6. The summed E-state index contributed by atoms with van der Waals surface area (Å²) >= 11 is 0. The average Bonchev–Trinajstić information content (AvgIpc) is 1.56. The Kier molecular flexibility index (Phi) is 27.2. The second-order valence-corrected chi connectivity index (χ2v) is 40.0. The molecule has 4 aliphatic heterocycles. The van der Waals surface area contributed by atoms with Crippen LogP contribution in [0.15, 0.2) is 73.1 Å². The minimum Gasteiger partial charge on any atom is -0.491 e. The van der Waals surface area contributed by atoms with Gasteiger partial charge in [-0.3, -0.25) is 47.8 Å². The first-order valence-electron chi connectivity index (χ1n) is 41.3. The number of rotatable bonds is 24. The molecule has 0 radical (unpaired) electrons. The van der Waals surface area contributed by atoms with Gasteiger partial charge < -0.3 is 38.2 Å². The molecule has 0 unspecified atom stereocenters. The van der Waals surface area contributed by atoms with Gasteiger partial charge in [-0.15, -0.1) is 0 Å². The number of nitrogens with one attached hydrogen (secondary N) is 2. The van der Waals surface area contributed by atoms with Crippen molar-refractivity contribution in [3.05, 3.63) is 84.7 Å². The zero-order valence-electron chi connectivity index (χ0n) is 69.8. The van der Waals surface area contributed by atoms with E-state index in [9.17, 15) is 81.5 Å². The lowest BCUT2D eigenvalue weighted by Gasteiger charge is -2.34. The third kappa shape index (κ3) is 19.7. The number of esters is 2. The van der Waals surface area contributed by atoms with Crippen LogP contribution < -0.4 is 28.4 Å². The molecule has 660 valence electrons. The maximum atomic E-state index is 15.1. The molecule has 2 N–H and O–H groups in total. The molecule has 14 atom stereocenters. The summed E-state index contributed by atoms with van der Waals surface area (Å²) in [6, 6.07) is 6.23. The number of hydrogen-bond donors (Lipinski definition) is 2. The molecule has 4 aliphatic carbocycles. The van der Waals surface area contributed by atoms with Gasteiger partial charge in [-0.2, -0.15) is 0 Å². The topological polar surface area (TPSA) is 317 Å². The second-order valence-electron chi connectivity index (χ2n) is 35.8. The van der Waals surface area contributed by atoms with Crippen LogP contribution in [0.5, 0.6) is 23.3 Å². The van der Waals surface area contributed by atoms with Gasteiger partial charge in [0, 0.05) is 62.7 Å². The molecule has 2 saturated heterocycles. The minimum absolute atomic E-state index is 0.0125. The van der Waals surface area contributed by atoms with Crippen LogP contribution in [0.25, 0.3) is 21.5 Å². The van der Waals surface area contributed by atoms with E-state index >= 15 is 8.78 Å². The van der Waals surface area contributed by atoms with Gasteiger partial charge in [0.25, 0.3) is 11.8 Å². The van der Waals surface area contributed by atoms with Gasteiger partial charge in [0.15, 0.2) is 45.9 Å². The Morgan fingerprint density at radius 2 is 0.908 bits per heavy atom. The number of allylic oxidation sites excluding steroid dienone is 4. The Bertz CT molecular complexity index is 4580. The smallest absolute Gasteiger partial charge is 0.307 e. The summed E-state index contributed by atoms with van der Waals surface area (Å²) in [6.45, 7) is 14.3. The highest BCUT2D eigenvalue weighted by molar-refractivity contribution is 7.92. The SMILES string of the molecule is CCOc1cc2ccnc(O[C@@H]3C[C@H]4C(=O)C[C@]5(C(=O)NS(=O)(=O)C6(CF)CC6)C[C@H]5/C=C\CC[C@@H](C)C[C@@H](C)[C@H](CC(=O)OC(C)(C)C(C)(F)F)C(=O)N4C3)c2cc1F.CCOc1cc2ccnc(O[C@@H]3C[C@H]4C(=O)C[C@]5(C(=O)NS(=O)(=O)C6(CF)CC6)C[C@H]5/C=C\CC[C@H](C)C[C@@H](C)[C@H](CC(=O)OC(C)(C)C(C)(F)F)C(=O)N4C3)c2cc1F. The highest BCUT2D eigenvalue weighted by Gasteiger charge is 2.66. The van der Waals surface area contributed by atoms with E-state index in [0.29, 0.717) is 73.9 Å². The number of benzene rings is 2. The molecule has 4 saturated carbocycles. The first-order chi connectivity index (χ1) is 56.1. The number of pyridine rings is 2. The number of hydrogen-bond acceptors (Lipinski definition) is 20. The van der Waals surface area contributed by atoms with Crippen LogP contribution in [0.4, 0.5) is 35.1 Å². The fraction of sp³-hybridized carbons (Fsp3) is 0.651. The summed E-state index contributed by atoms with van der Waals surface area (Å²) in [5, 5.41) is 1.68. The molecule has 2 aromatic heterocycles. The number of Topliss-reactive ketones (excluding diaryl/α,β-unsaturated/α-hetero) is 2. The van der Waals surface area contributed by atoms with Crippen molar-refractivity contribution in [3.8, 4) is 23.3 Å². The van der Waals surface area contributed by atoms with E-state index in [1.807, 2.05) is 26.0 Å². The average molecular weight is 1730 g/mol. The van der Waals surface area contributed by atoms with Gasteiger partial charge in [0.05, 0.1) is 73.9 Å². The Morgan fingerprint density at radius 3 is 1.23 bits per heavy atom. The van der Waals surface area contributed by atoms with Crippen LogP contribution >= 0.6 is 0 Å². The number of amides is 4. The van der Waals surface area contributed by atoms with Gasteiger partial charge in [-0.1, -0.05) is 52.0 Å². The van der Waals surface area contributed by atoms with Crippen molar-refractivity contribution in [1.29, 1.82) is 0 Å². The molecule has 4 aromatic rings. The lowest BCUT2D eigenvalue weighted by molar-refractivity contribution is -0.197. The Balaban J connectivity index is 0.000000235. The number of aromatic nitrogens is 2. The normalized spacial score (nSPS) is 29.1. The lowest BCUT2D eigenvalue weighted by atomic mass is 9.82. The first-order valence-corrected chi connectivity index (χ1v) is 44.3. The molecule has 120 heavy (non-hydrogen) atoms. The molecule has 12 rings (SSSR count). The molecular formula is C86H110F8N6O18S2. The minimum atomic E-state index is -4.42. The quantitative estimate of drug-likeness (QED) is 0.0374. The lowest BCUT2D eigenvalue weighted by Crippen LogP contribution is -2.49. The molecule has 8 aliphatic rings. The summed E-state index contributed by atoms with van der Waals surface area (Å²) < 4.78 is 203. The van der Waals surface area contributed by atoms with Crippen LogP contribution in [-0.2, 0) is 67.9 Å². The second kappa shape index (κ2) is 35.3. The van der Waals surface area contributed by atoms with E-state index in [1.165, 1.54) is 46.5 Å². The van der Waals surface area contributed by atoms with Crippen molar-refractivity contribution in [2.45, 2.75) is 255 Å². The molecule has 2 aromatic carbocycles. The van der Waals surface area contributed by atoms with E-state index in [1.54, 1.807) is 52.0 Å². The zero-order chi connectivity index (χ0) is 88.0. The van der Waals surface area contributed by atoms with Crippen molar-refractivity contribution in [1.82, 2.24) is 29.2 Å². The Morgan fingerprint density at radius 1 is 0.550 bits per heavy atom. The highest BCUT2D eigenvalue weighted by atomic mass is 32.2. The monoisotopic (exact) mass is 1730 g/mol. The number of ketones is 2. The summed E-state index contributed by atoms with van der Waals surface area (Å²) in [6.07, 6.45) is 9.95. The summed E-state index contributed by atoms with van der Waals surface area (Å²) in [5.41, 5.74) is -7.40. The van der Waals surface area contributed by atoms with E-state index in [0.717, 1.165) is 27.7 Å². The number of alkyl halides is 6. The van der Waals surface area contributed by atoms with Crippen LogP contribution in [0.1, 0.15) is 199 Å². The maximum Gasteiger partial charge on any atom is 0.307 e. The number of fused-ring (bicyclic) bond motifs is 6. The van der Waals surface area contributed by atoms with E-state index in [-0.39, 0.29) is 113 Å². The Labute approximate surface area is 694 Å². The molecule has 6 heterocycles. The number of nitrogens with zero attached hydrogens (tertiary/aromatic N) is 4. The number of carbonyl (C=O) groups is 8. The first kappa shape index (κ1) is 92.2. The summed E-state index contributed by atoms with van der Waals surface area (Å²) in [4.78, 5) is 125. The molecule has 4 amide bonds. The van der Waals surface area contributed by atoms with Crippen LogP contribution in [-0.4, -0.2) is 180 Å². The van der Waals surface area contributed by atoms with E-state index in [4.69, 9.17) is 28.4 Å². The summed E-state index contributed by atoms with van der Waals surface area (Å²) in [5.74, 6) is -18.6. The summed E-state index contributed by atoms with van der Waals surface area (Å²) in [7, 11) is -8.84.